The van der Waals surface area contributed by atoms with Gasteiger partial charge in [0.1, 0.15) is 6.04 Å². The molecular weight excluding hydrogens is 480 g/mol. The Labute approximate surface area is 209 Å². The van der Waals surface area contributed by atoms with Crippen molar-refractivity contribution in [2.24, 2.45) is 0 Å². The summed E-state index contributed by atoms with van der Waals surface area (Å²) in [5.74, 6) is 0. The summed E-state index contributed by atoms with van der Waals surface area (Å²) in [6, 6.07) is 22.7. The third kappa shape index (κ3) is 5.03. The van der Waals surface area contributed by atoms with Gasteiger partial charge >= 0.3 is 0 Å². The maximum Gasteiger partial charge on any atom is 0.229 e. The van der Waals surface area contributed by atoms with Crippen molar-refractivity contribution < 1.29 is 8.42 Å². The highest BCUT2D eigenvalue weighted by Crippen LogP contribution is 2.42. The van der Waals surface area contributed by atoms with Crippen molar-refractivity contribution in [2.75, 3.05) is 15.9 Å². The predicted molar refractivity (Wildman–Crippen MR) is 141 cm³/mol. The smallest absolute Gasteiger partial charge is 0.229 e. The van der Waals surface area contributed by atoms with Crippen molar-refractivity contribution in [3.8, 4) is 0 Å². The lowest BCUT2D eigenvalue weighted by atomic mass is 10.0. The maximum atomic E-state index is 11.6. The van der Waals surface area contributed by atoms with Gasteiger partial charge in [-0.2, -0.15) is 0 Å². The quantitative estimate of drug-likeness (QED) is 0.369. The van der Waals surface area contributed by atoms with E-state index in [2.05, 4.69) is 35.5 Å². The highest BCUT2D eigenvalue weighted by molar-refractivity contribution is 7.92. The fraction of sp³-hybridized carbons (Fsp3) is 0.160. The second-order valence-electron chi connectivity index (χ2n) is 8.30. The number of nitrogens with one attached hydrogen (secondary N) is 2. The van der Waals surface area contributed by atoms with Gasteiger partial charge in [0.15, 0.2) is 5.11 Å². The molecule has 178 valence electrons. The number of anilines is 2. The molecule has 4 heterocycles. The van der Waals surface area contributed by atoms with E-state index in [0.717, 1.165) is 29.0 Å². The van der Waals surface area contributed by atoms with Crippen molar-refractivity contribution in [3.63, 3.8) is 0 Å². The van der Waals surface area contributed by atoms with E-state index in [9.17, 15) is 8.42 Å². The predicted octanol–water partition coefficient (Wildman–Crippen LogP) is 3.88. The summed E-state index contributed by atoms with van der Waals surface area (Å²) in [6.07, 6.45) is 6.74. The van der Waals surface area contributed by atoms with Gasteiger partial charge in [-0.15, -0.1) is 0 Å². The van der Waals surface area contributed by atoms with Crippen molar-refractivity contribution in [3.05, 3.63) is 108 Å². The summed E-state index contributed by atoms with van der Waals surface area (Å²) in [7, 11) is -3.37. The van der Waals surface area contributed by atoms with Crippen molar-refractivity contribution in [1.29, 1.82) is 0 Å². The van der Waals surface area contributed by atoms with Gasteiger partial charge in [0.05, 0.1) is 30.2 Å². The van der Waals surface area contributed by atoms with Gasteiger partial charge in [-0.1, -0.05) is 12.1 Å². The van der Waals surface area contributed by atoms with Crippen molar-refractivity contribution in [1.82, 2.24) is 19.9 Å². The van der Waals surface area contributed by atoms with Crippen LogP contribution in [0.15, 0.2) is 91.4 Å². The number of hydrogen-bond donors (Lipinski definition) is 2. The molecule has 0 bridgehead atoms. The summed E-state index contributed by atoms with van der Waals surface area (Å²) in [5, 5.41) is 4.02. The van der Waals surface area contributed by atoms with Crippen LogP contribution in [0.3, 0.4) is 0 Å². The normalized spacial score (nSPS) is 17.9. The second-order valence-corrected chi connectivity index (χ2v) is 10.4. The van der Waals surface area contributed by atoms with Gasteiger partial charge < -0.3 is 14.8 Å². The molecule has 35 heavy (non-hydrogen) atoms. The first-order valence-electron chi connectivity index (χ1n) is 11.0. The molecule has 3 aromatic heterocycles. The molecular formula is C25H24N6O2S2. The Kier molecular flexibility index (Phi) is 6.23. The molecule has 1 fully saturated rings. The average Bonchev–Trinajstić information content (AvgIpc) is 3.43. The number of nitrogens with zero attached hydrogens (tertiary/aromatic N) is 4. The molecule has 1 saturated heterocycles. The summed E-state index contributed by atoms with van der Waals surface area (Å²) in [5.41, 5.74) is 4.22. The molecule has 1 aromatic carbocycles. The van der Waals surface area contributed by atoms with Crippen molar-refractivity contribution in [2.45, 2.75) is 18.6 Å². The summed E-state index contributed by atoms with van der Waals surface area (Å²) in [4.78, 5) is 11.1. The Hall–Kier alpha value is -3.76. The molecule has 4 aromatic rings. The monoisotopic (exact) mass is 504 g/mol. The minimum Gasteiger partial charge on any atom is -0.351 e. The van der Waals surface area contributed by atoms with E-state index in [1.807, 2.05) is 60.8 Å². The van der Waals surface area contributed by atoms with E-state index in [-0.39, 0.29) is 12.1 Å². The van der Waals surface area contributed by atoms with Crippen LogP contribution in [0.5, 0.6) is 0 Å². The van der Waals surface area contributed by atoms with Gasteiger partial charge in [-0.3, -0.25) is 14.7 Å². The SMILES string of the molecule is CS(=O)(=O)Nc1ccc(N2C(=S)NC(c3ccccn3)C2c2cccn2Cc2ccccn2)cc1. The van der Waals surface area contributed by atoms with Crippen LogP contribution in [0.25, 0.3) is 0 Å². The second kappa shape index (κ2) is 9.47. The Morgan fingerprint density at radius 2 is 1.71 bits per heavy atom. The maximum absolute atomic E-state index is 11.6. The van der Waals surface area contributed by atoms with E-state index in [1.165, 1.54) is 0 Å². The van der Waals surface area contributed by atoms with Crippen LogP contribution in [-0.2, 0) is 16.6 Å². The van der Waals surface area contributed by atoms with Crippen LogP contribution in [0.2, 0.25) is 0 Å². The molecule has 0 saturated carbocycles. The lowest BCUT2D eigenvalue weighted by Gasteiger charge is -2.29. The first-order valence-corrected chi connectivity index (χ1v) is 13.3. The number of rotatable bonds is 7. The highest BCUT2D eigenvalue weighted by atomic mass is 32.2. The van der Waals surface area contributed by atoms with Crippen LogP contribution >= 0.6 is 12.2 Å². The van der Waals surface area contributed by atoms with Crippen molar-refractivity contribution >= 4 is 38.7 Å². The topological polar surface area (TPSA) is 92.2 Å². The Bertz CT molecular complexity index is 1420. The van der Waals surface area contributed by atoms with E-state index >= 15 is 0 Å². The molecule has 0 spiro atoms. The first kappa shape index (κ1) is 23.0. The first-order chi connectivity index (χ1) is 16.9. The molecule has 10 heteroatoms. The molecule has 2 unspecified atom stereocenters. The zero-order valence-corrected chi connectivity index (χ0v) is 20.6. The number of sulfonamides is 1. The van der Waals surface area contributed by atoms with Gasteiger partial charge in [-0.05, 0) is 72.9 Å². The molecule has 5 rings (SSSR count). The van der Waals surface area contributed by atoms with E-state index < -0.39 is 10.0 Å². The lowest BCUT2D eigenvalue weighted by molar-refractivity contribution is 0.532. The third-order valence-electron chi connectivity index (χ3n) is 5.77. The average molecular weight is 505 g/mol. The Morgan fingerprint density at radius 3 is 2.37 bits per heavy atom. The van der Waals surface area contributed by atoms with Gasteiger partial charge in [0.25, 0.3) is 0 Å². The number of benzene rings is 1. The van der Waals surface area contributed by atoms with E-state index in [4.69, 9.17) is 12.2 Å². The zero-order valence-electron chi connectivity index (χ0n) is 18.9. The highest BCUT2D eigenvalue weighted by Gasteiger charge is 2.42. The fourth-order valence-corrected chi connectivity index (χ4v) is 5.25. The molecule has 1 aliphatic rings. The molecule has 1 aliphatic heterocycles. The minimum atomic E-state index is -3.37. The summed E-state index contributed by atoms with van der Waals surface area (Å²) < 4.78 is 27.9. The van der Waals surface area contributed by atoms with Crippen LogP contribution in [0, 0.1) is 0 Å². The lowest BCUT2D eigenvalue weighted by Crippen LogP contribution is -2.30. The van der Waals surface area contributed by atoms with Gasteiger partial charge in [-0.25, -0.2) is 8.42 Å². The molecule has 8 nitrogen and oxygen atoms in total. The standard InChI is InChI=1S/C25H24N6O2S2/c1-35(32,33)29-18-10-12-20(13-11-18)31-24(23(28-25(31)34)21-8-3-5-15-27-21)22-9-6-16-30(22)17-19-7-2-4-14-26-19/h2-16,23-24,29H,17H2,1H3,(H,28,34). The molecule has 0 aliphatic carbocycles. The summed E-state index contributed by atoms with van der Waals surface area (Å²) in [6.45, 7) is 0.617. The van der Waals surface area contributed by atoms with Crippen LogP contribution in [0.1, 0.15) is 29.2 Å². The van der Waals surface area contributed by atoms with E-state index in [1.54, 1.807) is 24.5 Å². The zero-order chi connectivity index (χ0) is 24.4. The molecule has 2 atom stereocenters. The molecule has 0 radical (unpaired) electrons. The minimum absolute atomic E-state index is 0.185. The molecule has 2 N–H and O–H groups in total. The van der Waals surface area contributed by atoms with Gasteiger partial charge in [0, 0.05) is 35.7 Å². The number of hydrogen-bond acceptors (Lipinski definition) is 5. The largest absolute Gasteiger partial charge is 0.351 e. The Balaban J connectivity index is 1.55. The van der Waals surface area contributed by atoms with Crippen LogP contribution < -0.4 is 14.9 Å². The van der Waals surface area contributed by atoms with Crippen LogP contribution in [-0.4, -0.2) is 34.3 Å². The van der Waals surface area contributed by atoms with Crippen LogP contribution in [0.4, 0.5) is 11.4 Å². The Morgan fingerprint density at radius 1 is 0.971 bits per heavy atom. The number of aromatic nitrogens is 3. The van der Waals surface area contributed by atoms with Gasteiger partial charge in [0.2, 0.25) is 10.0 Å². The number of thiocarbonyl (C=S) groups is 1. The number of pyridine rings is 2. The van der Waals surface area contributed by atoms with E-state index in [0.29, 0.717) is 17.3 Å². The molecule has 0 amide bonds. The fourth-order valence-electron chi connectivity index (χ4n) is 4.34. The summed E-state index contributed by atoms with van der Waals surface area (Å²) >= 11 is 5.80. The third-order valence-corrected chi connectivity index (χ3v) is 6.69.